The largest absolute Gasteiger partial charge is 0.490 e. The number of rotatable bonds is 8. The normalized spacial score (nSPS) is 14.5. The molecule has 38 heavy (non-hydrogen) atoms. The van der Waals surface area contributed by atoms with Gasteiger partial charge in [0, 0.05) is 0 Å². The van der Waals surface area contributed by atoms with Crippen molar-refractivity contribution in [1.29, 1.82) is 0 Å². The van der Waals surface area contributed by atoms with E-state index in [1.165, 1.54) is 17.0 Å². The molecule has 1 saturated heterocycles. The molecule has 0 N–H and O–H groups in total. The summed E-state index contributed by atoms with van der Waals surface area (Å²) in [5, 5.41) is 2.11. The molecule has 4 aromatic rings. The number of amides is 2. The van der Waals surface area contributed by atoms with Crippen LogP contribution in [0.5, 0.6) is 11.5 Å². The molecule has 1 fully saturated rings. The Balaban J connectivity index is 1.35. The third-order valence-electron chi connectivity index (χ3n) is 5.95. The van der Waals surface area contributed by atoms with Crippen molar-refractivity contribution in [2.45, 2.75) is 20.1 Å². The number of carbonyl (C=O) groups is 2. The number of imide groups is 1. The smallest absolute Gasteiger partial charge is 0.293 e. The van der Waals surface area contributed by atoms with Gasteiger partial charge in [-0.25, -0.2) is 4.39 Å². The molecule has 0 unspecified atom stereocenters. The van der Waals surface area contributed by atoms with E-state index in [2.05, 4.69) is 0 Å². The second-order valence-corrected chi connectivity index (χ2v) is 10.0. The lowest BCUT2D eigenvalue weighted by Gasteiger charge is -2.15. The molecule has 2 amide bonds. The fraction of sp³-hybridized carbons (Fsp3) is 0.133. The molecule has 1 heterocycles. The number of halogens is 2. The summed E-state index contributed by atoms with van der Waals surface area (Å²) in [5.74, 6) is 0.0647. The van der Waals surface area contributed by atoms with Gasteiger partial charge in [-0.05, 0) is 82.6 Å². The van der Waals surface area contributed by atoms with Crippen molar-refractivity contribution >= 4 is 51.4 Å². The minimum atomic E-state index is -0.362. The minimum absolute atomic E-state index is 0.174. The maximum absolute atomic E-state index is 13.2. The van der Waals surface area contributed by atoms with Gasteiger partial charge in [-0.1, -0.05) is 60.1 Å². The van der Waals surface area contributed by atoms with E-state index in [4.69, 9.17) is 21.1 Å². The molecule has 0 bridgehead atoms. The third kappa shape index (κ3) is 5.69. The SMILES string of the molecule is CCOc1cc(/C=C2\SC(=O)N(Cc3ccc4ccccc4c3)C2=O)cc(Cl)c1OCc1ccc(F)cc1. The van der Waals surface area contributed by atoms with E-state index in [1.807, 2.05) is 49.4 Å². The first-order valence-electron chi connectivity index (χ1n) is 12.0. The Morgan fingerprint density at radius 3 is 2.42 bits per heavy atom. The number of carbonyl (C=O) groups excluding carboxylic acids is 2. The molecule has 0 aromatic heterocycles. The van der Waals surface area contributed by atoms with Crippen LogP contribution in [0.1, 0.15) is 23.6 Å². The zero-order valence-electron chi connectivity index (χ0n) is 20.4. The zero-order chi connectivity index (χ0) is 26.6. The summed E-state index contributed by atoms with van der Waals surface area (Å²) in [6.07, 6.45) is 1.63. The Hall–Kier alpha value is -3.81. The van der Waals surface area contributed by atoms with Gasteiger partial charge in [-0.15, -0.1) is 0 Å². The third-order valence-corrected chi connectivity index (χ3v) is 7.14. The van der Waals surface area contributed by atoms with Crippen LogP contribution in [-0.4, -0.2) is 22.7 Å². The molecule has 0 radical (unpaired) electrons. The first kappa shape index (κ1) is 25.8. The summed E-state index contributed by atoms with van der Waals surface area (Å²) in [6.45, 7) is 2.57. The van der Waals surface area contributed by atoms with Crippen LogP contribution < -0.4 is 9.47 Å². The molecular formula is C30H23ClFNO4S. The van der Waals surface area contributed by atoms with E-state index in [1.54, 1.807) is 30.3 Å². The highest BCUT2D eigenvalue weighted by Crippen LogP contribution is 2.40. The van der Waals surface area contributed by atoms with Crippen LogP contribution in [0.15, 0.2) is 83.8 Å². The Bertz CT molecular complexity index is 1550. The summed E-state index contributed by atoms with van der Waals surface area (Å²) in [5.41, 5.74) is 2.24. The van der Waals surface area contributed by atoms with Crippen molar-refractivity contribution < 1.29 is 23.5 Å². The van der Waals surface area contributed by atoms with Gasteiger partial charge in [0.1, 0.15) is 12.4 Å². The Kier molecular flexibility index (Phi) is 7.67. The Morgan fingerprint density at radius 2 is 1.66 bits per heavy atom. The van der Waals surface area contributed by atoms with Crippen molar-refractivity contribution in [1.82, 2.24) is 4.90 Å². The minimum Gasteiger partial charge on any atom is -0.490 e. The number of hydrogen-bond donors (Lipinski definition) is 0. The van der Waals surface area contributed by atoms with Crippen LogP contribution in [-0.2, 0) is 17.9 Å². The van der Waals surface area contributed by atoms with E-state index < -0.39 is 0 Å². The van der Waals surface area contributed by atoms with E-state index in [0.29, 0.717) is 33.6 Å². The van der Waals surface area contributed by atoms with E-state index in [0.717, 1.165) is 33.7 Å². The summed E-state index contributed by atoms with van der Waals surface area (Å²) in [6, 6.07) is 23.2. The fourth-order valence-electron chi connectivity index (χ4n) is 4.12. The summed E-state index contributed by atoms with van der Waals surface area (Å²) < 4.78 is 24.8. The van der Waals surface area contributed by atoms with Gasteiger partial charge < -0.3 is 9.47 Å². The van der Waals surface area contributed by atoms with Gasteiger partial charge in [-0.3, -0.25) is 14.5 Å². The van der Waals surface area contributed by atoms with Gasteiger partial charge in [-0.2, -0.15) is 0 Å². The average molecular weight is 548 g/mol. The number of fused-ring (bicyclic) bond motifs is 1. The van der Waals surface area contributed by atoms with Gasteiger partial charge in [0.2, 0.25) is 0 Å². The van der Waals surface area contributed by atoms with Crippen molar-refractivity contribution in [3.05, 3.63) is 111 Å². The highest BCUT2D eigenvalue weighted by atomic mass is 35.5. The molecule has 192 valence electrons. The molecule has 5 rings (SSSR count). The quantitative estimate of drug-likeness (QED) is 0.210. The lowest BCUT2D eigenvalue weighted by atomic mass is 10.1. The van der Waals surface area contributed by atoms with Gasteiger partial charge in [0.05, 0.1) is 23.1 Å². The molecule has 5 nitrogen and oxygen atoms in total. The summed E-state index contributed by atoms with van der Waals surface area (Å²) >= 11 is 7.42. The summed E-state index contributed by atoms with van der Waals surface area (Å²) in [7, 11) is 0. The monoisotopic (exact) mass is 547 g/mol. The Morgan fingerprint density at radius 1 is 0.921 bits per heavy atom. The lowest BCUT2D eigenvalue weighted by molar-refractivity contribution is -0.123. The second kappa shape index (κ2) is 11.3. The lowest BCUT2D eigenvalue weighted by Crippen LogP contribution is -2.27. The van der Waals surface area contributed by atoms with E-state index in [9.17, 15) is 14.0 Å². The van der Waals surface area contributed by atoms with Crippen molar-refractivity contribution in [2.75, 3.05) is 6.61 Å². The molecule has 8 heteroatoms. The van der Waals surface area contributed by atoms with Crippen molar-refractivity contribution in [2.24, 2.45) is 0 Å². The first-order chi connectivity index (χ1) is 18.4. The maximum atomic E-state index is 13.2. The van der Waals surface area contributed by atoms with E-state index in [-0.39, 0.29) is 30.1 Å². The molecule has 0 atom stereocenters. The summed E-state index contributed by atoms with van der Waals surface area (Å²) in [4.78, 5) is 27.4. The highest BCUT2D eigenvalue weighted by Gasteiger charge is 2.35. The zero-order valence-corrected chi connectivity index (χ0v) is 22.0. The van der Waals surface area contributed by atoms with Crippen LogP contribution >= 0.6 is 23.4 Å². The molecule has 0 saturated carbocycles. The molecule has 1 aliphatic rings. The number of nitrogens with zero attached hydrogens (tertiary/aromatic N) is 1. The van der Waals surface area contributed by atoms with Gasteiger partial charge >= 0.3 is 0 Å². The standard InChI is InChI=1S/C30H23ClFNO4S/c1-2-36-26-15-21(14-25(31)28(26)37-18-19-8-11-24(32)12-9-19)16-27-29(34)33(30(35)38-27)17-20-7-10-22-5-3-4-6-23(22)13-20/h3-16H,2,17-18H2,1H3/b27-16-. The van der Waals surface area contributed by atoms with Crippen molar-refractivity contribution in [3.8, 4) is 11.5 Å². The topological polar surface area (TPSA) is 55.8 Å². The van der Waals surface area contributed by atoms with Crippen LogP contribution in [0.4, 0.5) is 9.18 Å². The highest BCUT2D eigenvalue weighted by molar-refractivity contribution is 8.18. The van der Waals surface area contributed by atoms with Gasteiger partial charge in [0.15, 0.2) is 11.5 Å². The Labute approximate surface area is 228 Å². The molecule has 4 aromatic carbocycles. The number of ether oxygens (including phenoxy) is 2. The van der Waals surface area contributed by atoms with Crippen LogP contribution in [0.2, 0.25) is 5.02 Å². The fourth-order valence-corrected chi connectivity index (χ4v) is 5.23. The van der Waals surface area contributed by atoms with Crippen LogP contribution in [0.25, 0.3) is 16.8 Å². The second-order valence-electron chi connectivity index (χ2n) is 8.63. The molecular weight excluding hydrogens is 525 g/mol. The number of benzene rings is 4. The predicted octanol–water partition coefficient (Wildman–Crippen LogP) is 7.85. The number of hydrogen-bond acceptors (Lipinski definition) is 5. The average Bonchev–Trinajstić information content (AvgIpc) is 3.16. The first-order valence-corrected chi connectivity index (χ1v) is 13.2. The van der Waals surface area contributed by atoms with Crippen LogP contribution in [0, 0.1) is 5.82 Å². The predicted molar refractivity (Wildman–Crippen MR) is 149 cm³/mol. The van der Waals surface area contributed by atoms with Crippen molar-refractivity contribution in [3.63, 3.8) is 0 Å². The molecule has 0 aliphatic carbocycles. The maximum Gasteiger partial charge on any atom is 0.293 e. The van der Waals surface area contributed by atoms with Crippen LogP contribution in [0.3, 0.4) is 0 Å². The van der Waals surface area contributed by atoms with Gasteiger partial charge in [0.25, 0.3) is 11.1 Å². The number of thioether (sulfide) groups is 1. The van der Waals surface area contributed by atoms with E-state index >= 15 is 0 Å². The molecule has 1 aliphatic heterocycles. The molecule has 0 spiro atoms.